The quantitative estimate of drug-likeness (QED) is 0.549. The molecular weight excluding hydrogens is 480 g/mol. The van der Waals surface area contributed by atoms with Crippen LogP contribution in [0.15, 0.2) is 54.6 Å². The van der Waals surface area contributed by atoms with E-state index in [4.69, 9.17) is 14.7 Å². The van der Waals surface area contributed by atoms with Gasteiger partial charge in [0.05, 0.1) is 11.9 Å². The number of nitrogens with one attached hydrogen (secondary N) is 1. The minimum atomic E-state index is -0.514. The van der Waals surface area contributed by atoms with Gasteiger partial charge in [0.25, 0.3) is 0 Å². The van der Waals surface area contributed by atoms with Crippen molar-refractivity contribution in [1.82, 2.24) is 19.8 Å². The normalized spacial score (nSPS) is 18.1. The second-order valence-corrected chi connectivity index (χ2v) is 11.0. The molecule has 2 fully saturated rings. The third kappa shape index (κ3) is 6.15. The topological polar surface area (TPSA) is 90.9 Å². The molecule has 2 aliphatic rings. The molecule has 2 saturated heterocycles. The van der Waals surface area contributed by atoms with Crippen molar-refractivity contribution >= 4 is 34.7 Å². The third-order valence-electron chi connectivity index (χ3n) is 6.89. The molecule has 0 radical (unpaired) electrons. The van der Waals surface area contributed by atoms with E-state index in [1.807, 2.05) is 80.3 Å². The lowest BCUT2D eigenvalue weighted by atomic mass is 10.1. The fraction of sp³-hybridized carbons (Fsp3) is 0.448. The van der Waals surface area contributed by atoms with Crippen LogP contribution in [0.5, 0.6) is 0 Å². The van der Waals surface area contributed by atoms with Gasteiger partial charge in [-0.05, 0) is 44.9 Å². The van der Waals surface area contributed by atoms with E-state index in [1.54, 1.807) is 4.90 Å². The van der Waals surface area contributed by atoms with Gasteiger partial charge in [0.2, 0.25) is 11.9 Å². The number of fused-ring (bicyclic) bond motifs is 1. The molecule has 9 nitrogen and oxygen atoms in total. The molecule has 1 unspecified atom stereocenters. The Morgan fingerprint density at radius 3 is 2.37 bits per heavy atom. The summed E-state index contributed by atoms with van der Waals surface area (Å²) in [4.78, 5) is 40.9. The Labute approximate surface area is 223 Å². The van der Waals surface area contributed by atoms with E-state index in [1.165, 1.54) is 0 Å². The average Bonchev–Trinajstić information content (AvgIpc) is 3.36. The predicted octanol–water partition coefficient (Wildman–Crippen LogP) is 3.94. The van der Waals surface area contributed by atoms with Crippen LogP contribution in [0, 0.1) is 0 Å². The summed E-state index contributed by atoms with van der Waals surface area (Å²) in [5.74, 6) is 1.57. The minimum Gasteiger partial charge on any atom is -0.444 e. The van der Waals surface area contributed by atoms with Gasteiger partial charge in [-0.15, -0.1) is 0 Å². The smallest absolute Gasteiger partial charge is 0.410 e. The first kappa shape index (κ1) is 25.8. The van der Waals surface area contributed by atoms with Crippen molar-refractivity contribution < 1.29 is 14.3 Å². The Morgan fingerprint density at radius 2 is 1.63 bits per heavy atom. The molecule has 2 aliphatic heterocycles. The number of para-hydroxylation sites is 1. The van der Waals surface area contributed by atoms with Gasteiger partial charge in [-0.2, -0.15) is 4.98 Å². The third-order valence-corrected chi connectivity index (χ3v) is 6.89. The van der Waals surface area contributed by atoms with Gasteiger partial charge in [-0.3, -0.25) is 4.79 Å². The number of carbonyl (C=O) groups is 2. The first-order valence-electron chi connectivity index (χ1n) is 13.3. The van der Waals surface area contributed by atoms with Gasteiger partial charge < -0.3 is 24.8 Å². The van der Waals surface area contributed by atoms with Crippen molar-refractivity contribution in [3.63, 3.8) is 0 Å². The summed E-state index contributed by atoms with van der Waals surface area (Å²) in [6.45, 7) is 9.44. The number of anilines is 2. The zero-order valence-electron chi connectivity index (χ0n) is 22.4. The molecule has 0 spiro atoms. The fourth-order valence-electron chi connectivity index (χ4n) is 4.96. The molecule has 38 heavy (non-hydrogen) atoms. The van der Waals surface area contributed by atoms with E-state index < -0.39 is 5.60 Å². The summed E-state index contributed by atoms with van der Waals surface area (Å²) in [6, 6.07) is 17.9. The monoisotopic (exact) mass is 516 g/mol. The van der Waals surface area contributed by atoms with Crippen LogP contribution in [0.25, 0.3) is 10.9 Å². The number of amides is 2. The van der Waals surface area contributed by atoms with Gasteiger partial charge >= 0.3 is 6.09 Å². The molecule has 1 atom stereocenters. The van der Waals surface area contributed by atoms with Crippen molar-refractivity contribution in [2.75, 3.05) is 49.5 Å². The Balaban J connectivity index is 1.25. The van der Waals surface area contributed by atoms with E-state index in [-0.39, 0.29) is 18.0 Å². The van der Waals surface area contributed by atoms with Crippen LogP contribution in [-0.2, 0) is 16.0 Å². The van der Waals surface area contributed by atoms with Crippen molar-refractivity contribution in [3.8, 4) is 0 Å². The molecule has 1 N–H and O–H groups in total. The highest BCUT2D eigenvalue weighted by molar-refractivity contribution is 5.90. The lowest BCUT2D eigenvalue weighted by Gasteiger charge is -2.36. The molecule has 3 heterocycles. The van der Waals surface area contributed by atoms with E-state index in [0.29, 0.717) is 45.1 Å². The number of hydrogen-bond acceptors (Lipinski definition) is 7. The Morgan fingerprint density at radius 1 is 0.921 bits per heavy atom. The van der Waals surface area contributed by atoms with Crippen molar-refractivity contribution in [2.45, 2.75) is 45.3 Å². The van der Waals surface area contributed by atoms with Crippen LogP contribution >= 0.6 is 0 Å². The lowest BCUT2D eigenvalue weighted by molar-refractivity contribution is -0.129. The summed E-state index contributed by atoms with van der Waals surface area (Å²) in [5.41, 5.74) is 1.38. The van der Waals surface area contributed by atoms with Crippen LogP contribution in [0.2, 0.25) is 0 Å². The van der Waals surface area contributed by atoms with E-state index >= 15 is 0 Å². The van der Waals surface area contributed by atoms with Crippen LogP contribution in [0.4, 0.5) is 16.6 Å². The maximum Gasteiger partial charge on any atom is 0.410 e. The van der Waals surface area contributed by atoms with Gasteiger partial charge in [0.1, 0.15) is 11.4 Å². The Kier molecular flexibility index (Phi) is 7.35. The summed E-state index contributed by atoms with van der Waals surface area (Å²) < 4.78 is 5.55. The summed E-state index contributed by atoms with van der Waals surface area (Å²) in [6.07, 6.45) is 0.986. The number of rotatable bonds is 5. The zero-order chi connectivity index (χ0) is 26.7. The molecule has 0 bridgehead atoms. The highest BCUT2D eigenvalue weighted by Crippen LogP contribution is 2.27. The summed E-state index contributed by atoms with van der Waals surface area (Å²) >= 11 is 0. The number of piperazine rings is 1. The molecular formula is C29H36N6O3. The van der Waals surface area contributed by atoms with Crippen LogP contribution < -0.4 is 10.2 Å². The van der Waals surface area contributed by atoms with Gasteiger partial charge in [-0.25, -0.2) is 9.78 Å². The number of aromatic nitrogens is 2. The van der Waals surface area contributed by atoms with Crippen LogP contribution in [0.1, 0.15) is 32.8 Å². The maximum absolute atomic E-state index is 12.8. The van der Waals surface area contributed by atoms with E-state index in [9.17, 15) is 9.59 Å². The van der Waals surface area contributed by atoms with E-state index in [2.05, 4.69) is 10.2 Å². The number of hydrogen-bond donors (Lipinski definition) is 1. The maximum atomic E-state index is 12.8. The highest BCUT2D eigenvalue weighted by atomic mass is 16.6. The number of ether oxygens (including phenoxy) is 1. The SMILES string of the molecule is CC(C)(C)OC(=O)N1CCN(c2nc(NC3CCN(C(=O)Cc4ccccc4)C3)nc3ccccc23)CC1. The first-order valence-corrected chi connectivity index (χ1v) is 13.3. The Hall–Kier alpha value is -3.88. The molecule has 2 aromatic carbocycles. The molecule has 200 valence electrons. The van der Waals surface area contributed by atoms with Crippen LogP contribution in [0.3, 0.4) is 0 Å². The zero-order valence-corrected chi connectivity index (χ0v) is 22.4. The second-order valence-electron chi connectivity index (χ2n) is 11.0. The second kappa shape index (κ2) is 10.8. The lowest BCUT2D eigenvalue weighted by Crippen LogP contribution is -2.50. The van der Waals surface area contributed by atoms with Crippen molar-refractivity contribution in [1.29, 1.82) is 0 Å². The van der Waals surface area contributed by atoms with Crippen molar-refractivity contribution in [2.24, 2.45) is 0 Å². The number of likely N-dealkylation sites (tertiary alicyclic amines) is 1. The predicted molar refractivity (Wildman–Crippen MR) is 148 cm³/mol. The number of nitrogens with zero attached hydrogens (tertiary/aromatic N) is 5. The standard InChI is InChI=1S/C29H36N6O3/c1-29(2,3)38-28(37)34-17-15-33(16-18-34)26-23-11-7-8-12-24(23)31-27(32-26)30-22-13-14-35(20-22)25(36)19-21-9-5-4-6-10-21/h4-12,22H,13-20H2,1-3H3,(H,30,31,32). The molecule has 1 aromatic heterocycles. The average molecular weight is 517 g/mol. The van der Waals surface area contributed by atoms with Gasteiger partial charge in [0.15, 0.2) is 0 Å². The minimum absolute atomic E-state index is 0.0905. The van der Waals surface area contributed by atoms with E-state index in [0.717, 1.165) is 35.2 Å². The van der Waals surface area contributed by atoms with Crippen molar-refractivity contribution in [3.05, 3.63) is 60.2 Å². The largest absolute Gasteiger partial charge is 0.444 e. The van der Waals surface area contributed by atoms with Crippen LogP contribution in [-0.4, -0.2) is 82.7 Å². The molecule has 0 aliphatic carbocycles. The molecule has 5 rings (SSSR count). The number of benzene rings is 2. The highest BCUT2D eigenvalue weighted by Gasteiger charge is 2.29. The molecule has 0 saturated carbocycles. The Bertz CT molecular complexity index is 1280. The number of carbonyl (C=O) groups excluding carboxylic acids is 2. The molecule has 9 heteroatoms. The van der Waals surface area contributed by atoms with Gasteiger partial charge in [0, 0.05) is 50.7 Å². The summed E-state index contributed by atoms with van der Waals surface area (Å²) in [5, 5.41) is 4.47. The first-order chi connectivity index (χ1) is 18.2. The van der Waals surface area contributed by atoms with Gasteiger partial charge in [-0.1, -0.05) is 42.5 Å². The fourth-order valence-corrected chi connectivity index (χ4v) is 4.96. The molecule has 3 aromatic rings. The summed E-state index contributed by atoms with van der Waals surface area (Å²) in [7, 11) is 0. The molecule has 2 amide bonds.